The molecule has 0 aliphatic heterocycles. The number of methoxy groups -OCH3 is 1. The summed E-state index contributed by atoms with van der Waals surface area (Å²) in [6.45, 7) is 16.7. The second-order valence-electron chi connectivity index (χ2n) is 10.5. The van der Waals surface area contributed by atoms with E-state index in [-0.39, 0.29) is 11.7 Å². The SMILES string of the molecule is CO[C@@]12CCC=C3C1C(C#CC[C@H]3C)C[C@H](O[Si](C(C)C)(C(C)C)C(C)C)C2. The lowest BCUT2D eigenvalue weighted by atomic mass is 9.60. The number of hydrogen-bond acceptors (Lipinski definition) is 2. The zero-order chi connectivity index (χ0) is 20.7. The van der Waals surface area contributed by atoms with E-state index in [1.165, 1.54) is 0 Å². The molecule has 0 spiro atoms. The third-order valence-electron chi connectivity index (χ3n) is 8.12. The third kappa shape index (κ3) is 3.55. The molecule has 3 aliphatic carbocycles. The van der Waals surface area contributed by atoms with Gasteiger partial charge in [0.15, 0.2) is 0 Å². The topological polar surface area (TPSA) is 18.5 Å². The van der Waals surface area contributed by atoms with E-state index in [1.54, 1.807) is 5.57 Å². The summed E-state index contributed by atoms with van der Waals surface area (Å²) in [5.41, 5.74) is 3.37. The minimum absolute atomic E-state index is 0.0873. The molecule has 0 heterocycles. The highest BCUT2D eigenvalue weighted by molar-refractivity contribution is 6.77. The Morgan fingerprint density at radius 3 is 2.32 bits per heavy atom. The molecule has 0 aromatic rings. The lowest BCUT2D eigenvalue weighted by Crippen LogP contribution is -2.57. The molecule has 3 aliphatic rings. The Labute approximate surface area is 175 Å². The average Bonchev–Trinajstić information content (AvgIpc) is 2.79. The second kappa shape index (κ2) is 8.29. The van der Waals surface area contributed by atoms with Crippen LogP contribution in [0.25, 0.3) is 0 Å². The maximum absolute atomic E-state index is 7.27. The molecule has 0 bridgehead atoms. The summed E-state index contributed by atoms with van der Waals surface area (Å²) >= 11 is 0. The fraction of sp³-hybridized carbons (Fsp3) is 0.840. The van der Waals surface area contributed by atoms with Crippen LogP contribution in [0.4, 0.5) is 0 Å². The van der Waals surface area contributed by atoms with E-state index in [2.05, 4.69) is 66.4 Å². The van der Waals surface area contributed by atoms with Crippen LogP contribution in [0.15, 0.2) is 11.6 Å². The maximum atomic E-state index is 7.27. The average molecular weight is 403 g/mol. The van der Waals surface area contributed by atoms with Crippen molar-refractivity contribution in [3.05, 3.63) is 11.6 Å². The molecule has 0 N–H and O–H groups in total. The molecular formula is C25H42O2Si. The molecule has 3 heteroatoms. The Kier molecular flexibility index (Phi) is 6.55. The van der Waals surface area contributed by atoms with Gasteiger partial charge in [0.05, 0.1) is 5.60 Å². The van der Waals surface area contributed by atoms with E-state index in [4.69, 9.17) is 9.16 Å². The highest BCUT2D eigenvalue weighted by atomic mass is 28.4. The summed E-state index contributed by atoms with van der Waals surface area (Å²) in [5, 5.41) is 0. The summed E-state index contributed by atoms with van der Waals surface area (Å²) in [6.07, 6.45) is 8.14. The van der Waals surface area contributed by atoms with Gasteiger partial charge < -0.3 is 9.16 Å². The predicted molar refractivity (Wildman–Crippen MR) is 121 cm³/mol. The van der Waals surface area contributed by atoms with Crippen LogP contribution in [0.3, 0.4) is 0 Å². The van der Waals surface area contributed by atoms with Crippen molar-refractivity contribution < 1.29 is 9.16 Å². The molecule has 0 amide bonds. The Morgan fingerprint density at radius 2 is 1.75 bits per heavy atom. The van der Waals surface area contributed by atoms with Crippen LogP contribution in [0, 0.1) is 29.6 Å². The Morgan fingerprint density at radius 1 is 1.11 bits per heavy atom. The van der Waals surface area contributed by atoms with Gasteiger partial charge >= 0.3 is 0 Å². The van der Waals surface area contributed by atoms with E-state index >= 15 is 0 Å². The smallest absolute Gasteiger partial charge is 0.200 e. The molecule has 5 atom stereocenters. The lowest BCUT2D eigenvalue weighted by Gasteiger charge is -2.54. The van der Waals surface area contributed by atoms with Crippen molar-refractivity contribution in [1.29, 1.82) is 0 Å². The fourth-order valence-electron chi connectivity index (χ4n) is 7.00. The minimum Gasteiger partial charge on any atom is -0.413 e. The first-order chi connectivity index (χ1) is 13.2. The van der Waals surface area contributed by atoms with Crippen molar-refractivity contribution >= 4 is 8.32 Å². The quantitative estimate of drug-likeness (QED) is 0.279. The molecular weight excluding hydrogens is 360 g/mol. The van der Waals surface area contributed by atoms with Crippen LogP contribution in [0.5, 0.6) is 0 Å². The van der Waals surface area contributed by atoms with Gasteiger partial charge in [-0.15, -0.1) is 5.92 Å². The molecule has 0 saturated heterocycles. The van der Waals surface area contributed by atoms with E-state index in [1.807, 2.05) is 7.11 Å². The zero-order valence-electron chi connectivity index (χ0n) is 19.5. The number of rotatable bonds is 6. The van der Waals surface area contributed by atoms with Crippen LogP contribution in [0.2, 0.25) is 16.6 Å². The van der Waals surface area contributed by atoms with Gasteiger partial charge in [0.2, 0.25) is 8.32 Å². The molecule has 1 fully saturated rings. The van der Waals surface area contributed by atoms with Gasteiger partial charge in [0, 0.05) is 37.9 Å². The standard InChI is InChI=1S/C25H42O2Si/c1-17(2)28(18(3)4,19(5)6)27-22-15-21-12-9-11-20(7)23-13-10-14-25(16-22,26-8)24(21)23/h13,17-22,24H,10-11,14-16H2,1-8H3/t20-,21?,22+,24?,25-/m1/s1. The molecule has 2 unspecified atom stereocenters. The molecule has 3 rings (SSSR count). The van der Waals surface area contributed by atoms with Gasteiger partial charge in [-0.2, -0.15) is 0 Å². The van der Waals surface area contributed by atoms with E-state index < -0.39 is 8.32 Å². The molecule has 0 radical (unpaired) electrons. The van der Waals surface area contributed by atoms with Crippen molar-refractivity contribution in [2.45, 2.75) is 109 Å². The van der Waals surface area contributed by atoms with Gasteiger partial charge in [0.1, 0.15) is 0 Å². The molecule has 0 aromatic carbocycles. The van der Waals surface area contributed by atoms with Crippen LogP contribution in [0.1, 0.15) is 80.6 Å². The summed E-state index contributed by atoms with van der Waals surface area (Å²) in [4.78, 5) is 0. The summed E-state index contributed by atoms with van der Waals surface area (Å²) in [7, 11) is 0.0309. The normalized spacial score (nSPS) is 35.3. The first-order valence-corrected chi connectivity index (χ1v) is 13.7. The summed E-state index contributed by atoms with van der Waals surface area (Å²) in [6, 6.07) is 0. The van der Waals surface area contributed by atoms with Crippen molar-refractivity contribution in [2.75, 3.05) is 7.11 Å². The van der Waals surface area contributed by atoms with Crippen LogP contribution in [-0.2, 0) is 9.16 Å². The van der Waals surface area contributed by atoms with Crippen LogP contribution in [-0.4, -0.2) is 27.1 Å². The van der Waals surface area contributed by atoms with Crippen molar-refractivity contribution in [1.82, 2.24) is 0 Å². The Bertz CT molecular complexity index is 631. The highest BCUT2D eigenvalue weighted by Gasteiger charge is 2.55. The molecule has 0 aromatic heterocycles. The largest absolute Gasteiger partial charge is 0.413 e. The first-order valence-electron chi connectivity index (χ1n) is 11.6. The third-order valence-corrected chi connectivity index (χ3v) is 14.3. The van der Waals surface area contributed by atoms with E-state index in [0.717, 1.165) is 32.1 Å². The molecule has 28 heavy (non-hydrogen) atoms. The van der Waals surface area contributed by atoms with Gasteiger partial charge in [-0.3, -0.25) is 0 Å². The van der Waals surface area contributed by atoms with Gasteiger partial charge in [-0.1, -0.05) is 66.0 Å². The molecule has 158 valence electrons. The second-order valence-corrected chi connectivity index (χ2v) is 15.9. The number of hydrogen-bond donors (Lipinski definition) is 0. The highest BCUT2D eigenvalue weighted by Crippen LogP contribution is 2.54. The lowest BCUT2D eigenvalue weighted by molar-refractivity contribution is -0.123. The maximum Gasteiger partial charge on any atom is 0.200 e. The minimum atomic E-state index is -1.90. The summed E-state index contributed by atoms with van der Waals surface area (Å²) < 4.78 is 13.6. The Balaban J connectivity index is 1.96. The molecule has 2 nitrogen and oxygen atoms in total. The first kappa shape index (κ1) is 22.1. The van der Waals surface area contributed by atoms with Crippen molar-refractivity contribution in [3.63, 3.8) is 0 Å². The predicted octanol–water partition coefficient (Wildman–Crippen LogP) is 6.72. The number of allylic oxidation sites excluding steroid dienone is 1. The fourth-order valence-corrected chi connectivity index (χ4v) is 12.6. The number of ether oxygens (including phenoxy) is 1. The Hall–Kier alpha value is -0.563. The van der Waals surface area contributed by atoms with Gasteiger partial charge in [-0.25, -0.2) is 0 Å². The van der Waals surface area contributed by atoms with Crippen molar-refractivity contribution in [3.8, 4) is 11.8 Å². The van der Waals surface area contributed by atoms with Gasteiger partial charge in [-0.05, 0) is 41.8 Å². The van der Waals surface area contributed by atoms with Crippen LogP contribution < -0.4 is 0 Å². The van der Waals surface area contributed by atoms with Crippen LogP contribution >= 0.6 is 0 Å². The van der Waals surface area contributed by atoms with Gasteiger partial charge in [0.25, 0.3) is 0 Å². The van der Waals surface area contributed by atoms with E-state index in [0.29, 0.717) is 34.4 Å². The zero-order valence-corrected chi connectivity index (χ0v) is 20.5. The van der Waals surface area contributed by atoms with E-state index in [9.17, 15) is 0 Å². The summed E-state index contributed by atoms with van der Waals surface area (Å²) in [5.74, 6) is 8.59. The monoisotopic (exact) mass is 402 g/mol. The molecule has 1 saturated carbocycles. The van der Waals surface area contributed by atoms with Crippen molar-refractivity contribution in [2.24, 2.45) is 17.8 Å².